The Balaban J connectivity index is 1.62. The molecule has 0 amide bonds. The van der Waals surface area contributed by atoms with Crippen LogP contribution in [-0.4, -0.2) is 48.5 Å². The molecule has 29 heavy (non-hydrogen) atoms. The molecule has 5 nitrogen and oxygen atoms in total. The van der Waals surface area contributed by atoms with Gasteiger partial charge in [-0.25, -0.2) is 0 Å². The first kappa shape index (κ1) is 22.7. The Morgan fingerprint density at radius 2 is 1.52 bits per heavy atom. The summed E-state index contributed by atoms with van der Waals surface area (Å²) in [5, 5.41) is 10.7. The van der Waals surface area contributed by atoms with E-state index in [0.717, 1.165) is 5.56 Å². The van der Waals surface area contributed by atoms with Crippen LogP contribution in [0.1, 0.15) is 47.1 Å². The van der Waals surface area contributed by atoms with E-state index >= 15 is 0 Å². The second-order valence-electron chi connectivity index (χ2n) is 9.12. The summed E-state index contributed by atoms with van der Waals surface area (Å²) in [6, 6.07) is 10.2. The first-order valence-electron chi connectivity index (χ1n) is 11.1. The molecular weight excluding hydrogens is 368 g/mol. The molecule has 3 rings (SSSR count). The maximum absolute atomic E-state index is 10.7. The van der Waals surface area contributed by atoms with Crippen LogP contribution in [0.5, 0.6) is 0 Å². The summed E-state index contributed by atoms with van der Waals surface area (Å²) in [7, 11) is 0. The van der Waals surface area contributed by atoms with Crippen LogP contribution in [-0.2, 0) is 25.6 Å². The average molecular weight is 407 g/mol. The third-order valence-electron chi connectivity index (χ3n) is 7.17. The van der Waals surface area contributed by atoms with Crippen LogP contribution in [0.2, 0.25) is 0 Å². The molecule has 1 aromatic rings. The van der Waals surface area contributed by atoms with E-state index in [-0.39, 0.29) is 42.5 Å². The molecule has 2 aliphatic heterocycles. The largest absolute Gasteiger partial charge is 0.388 e. The summed E-state index contributed by atoms with van der Waals surface area (Å²) in [4.78, 5) is 0. The standard InChI is InChI=1S/C24H38O5/c1-14-15(2)21(13-26-12-20-10-8-7-9-11-20)28-24(16(14)3)29-23-17(4)18(5)27-19(6)22(23)25/h7-11,14-19,21-25H,12-13H2,1-6H3/t14?,15-,16?,17-,18?,19-,21-,22?,23-,24+/m0/s1. The van der Waals surface area contributed by atoms with Gasteiger partial charge in [0.25, 0.3) is 0 Å². The van der Waals surface area contributed by atoms with E-state index in [9.17, 15) is 5.11 Å². The number of aliphatic hydroxyl groups is 1. The minimum absolute atomic E-state index is 0.0305. The number of ether oxygens (including phenoxy) is 4. The fraction of sp³-hybridized carbons (Fsp3) is 0.750. The Bertz CT molecular complexity index is 609. The molecule has 2 saturated heterocycles. The molecule has 2 fully saturated rings. The molecule has 10 atom stereocenters. The Labute approximate surface area is 175 Å². The third-order valence-corrected chi connectivity index (χ3v) is 7.17. The van der Waals surface area contributed by atoms with Gasteiger partial charge in [-0.3, -0.25) is 0 Å². The summed E-state index contributed by atoms with van der Waals surface area (Å²) < 4.78 is 24.6. The Morgan fingerprint density at radius 3 is 2.21 bits per heavy atom. The van der Waals surface area contributed by atoms with E-state index in [1.165, 1.54) is 0 Å². The third kappa shape index (κ3) is 5.20. The van der Waals surface area contributed by atoms with Crippen molar-refractivity contribution >= 4 is 0 Å². The minimum atomic E-state index is -0.653. The van der Waals surface area contributed by atoms with E-state index in [1.807, 2.05) is 32.0 Å². The molecule has 0 saturated carbocycles. The molecule has 1 aromatic carbocycles. The van der Waals surface area contributed by atoms with Crippen LogP contribution < -0.4 is 0 Å². The van der Waals surface area contributed by atoms with Gasteiger partial charge >= 0.3 is 0 Å². The molecule has 0 aromatic heterocycles. The lowest BCUT2D eigenvalue weighted by Gasteiger charge is -2.48. The summed E-state index contributed by atoms with van der Waals surface area (Å²) >= 11 is 0. The topological polar surface area (TPSA) is 57.2 Å². The van der Waals surface area contributed by atoms with Crippen LogP contribution >= 0.6 is 0 Å². The summed E-state index contributed by atoms with van der Waals surface area (Å²) in [6.45, 7) is 13.8. The lowest BCUT2D eigenvalue weighted by atomic mass is 9.79. The number of hydrogen-bond acceptors (Lipinski definition) is 5. The van der Waals surface area contributed by atoms with E-state index in [0.29, 0.717) is 25.0 Å². The van der Waals surface area contributed by atoms with E-state index < -0.39 is 6.10 Å². The fourth-order valence-electron chi connectivity index (χ4n) is 4.45. The molecule has 5 heteroatoms. The molecule has 2 heterocycles. The fourth-order valence-corrected chi connectivity index (χ4v) is 4.45. The number of aliphatic hydroxyl groups excluding tert-OH is 1. The summed E-state index contributed by atoms with van der Waals surface area (Å²) in [5.41, 5.74) is 1.16. The van der Waals surface area contributed by atoms with Gasteiger partial charge in [0.1, 0.15) is 6.10 Å². The van der Waals surface area contributed by atoms with Crippen LogP contribution in [0.3, 0.4) is 0 Å². The van der Waals surface area contributed by atoms with Gasteiger partial charge in [-0.15, -0.1) is 0 Å². The van der Waals surface area contributed by atoms with E-state index in [1.54, 1.807) is 0 Å². The highest BCUT2D eigenvalue weighted by molar-refractivity contribution is 5.13. The highest BCUT2D eigenvalue weighted by atomic mass is 16.7. The Kier molecular flexibility index (Phi) is 7.74. The van der Waals surface area contributed by atoms with Crippen molar-refractivity contribution in [3.63, 3.8) is 0 Å². The Hall–Kier alpha value is -0.980. The summed E-state index contributed by atoms with van der Waals surface area (Å²) in [6.07, 6.45) is -1.54. The predicted molar refractivity (Wildman–Crippen MR) is 112 cm³/mol. The average Bonchev–Trinajstić information content (AvgIpc) is 2.71. The number of hydrogen-bond donors (Lipinski definition) is 1. The van der Waals surface area contributed by atoms with Crippen LogP contribution in [0.15, 0.2) is 30.3 Å². The zero-order valence-corrected chi connectivity index (χ0v) is 18.7. The second-order valence-corrected chi connectivity index (χ2v) is 9.12. The lowest BCUT2D eigenvalue weighted by molar-refractivity contribution is -0.307. The SMILES string of the molecule is CC1C(C)[C@H](C)[C@H](COCc2ccccc2)O[C@@H]1O[C@@H]1C(O)[C@H](C)OC(C)[C@@H]1C. The van der Waals surface area contributed by atoms with Gasteiger partial charge < -0.3 is 24.1 Å². The zero-order chi connectivity index (χ0) is 21.1. The van der Waals surface area contributed by atoms with Crippen molar-refractivity contribution in [2.24, 2.45) is 23.7 Å². The molecule has 164 valence electrons. The van der Waals surface area contributed by atoms with Gasteiger partial charge in [0.15, 0.2) is 6.29 Å². The van der Waals surface area contributed by atoms with E-state index in [4.69, 9.17) is 18.9 Å². The zero-order valence-electron chi connectivity index (χ0n) is 18.7. The summed E-state index contributed by atoms with van der Waals surface area (Å²) in [5.74, 6) is 1.14. The first-order chi connectivity index (χ1) is 13.8. The first-order valence-corrected chi connectivity index (χ1v) is 11.1. The van der Waals surface area contributed by atoms with Crippen molar-refractivity contribution < 1.29 is 24.1 Å². The van der Waals surface area contributed by atoms with Gasteiger partial charge in [-0.1, -0.05) is 58.0 Å². The molecular formula is C24H38O5. The van der Waals surface area contributed by atoms with Crippen molar-refractivity contribution in [3.05, 3.63) is 35.9 Å². The van der Waals surface area contributed by atoms with Gasteiger partial charge in [0, 0.05) is 11.8 Å². The van der Waals surface area contributed by atoms with Crippen molar-refractivity contribution in [1.29, 1.82) is 0 Å². The highest BCUT2D eigenvalue weighted by Crippen LogP contribution is 2.38. The lowest BCUT2D eigenvalue weighted by Crippen LogP contribution is -2.56. The van der Waals surface area contributed by atoms with Gasteiger partial charge in [-0.2, -0.15) is 0 Å². The minimum Gasteiger partial charge on any atom is -0.388 e. The maximum Gasteiger partial charge on any atom is 0.161 e. The normalized spacial score (nSPS) is 43.3. The molecule has 0 aliphatic carbocycles. The van der Waals surface area contributed by atoms with Crippen LogP contribution in [0, 0.1) is 23.7 Å². The van der Waals surface area contributed by atoms with Crippen molar-refractivity contribution in [2.45, 2.75) is 85.0 Å². The van der Waals surface area contributed by atoms with Crippen LogP contribution in [0.25, 0.3) is 0 Å². The Morgan fingerprint density at radius 1 is 0.828 bits per heavy atom. The smallest absolute Gasteiger partial charge is 0.161 e. The van der Waals surface area contributed by atoms with Gasteiger partial charge in [-0.05, 0) is 31.2 Å². The van der Waals surface area contributed by atoms with Crippen molar-refractivity contribution in [2.75, 3.05) is 6.61 Å². The highest BCUT2D eigenvalue weighted by Gasteiger charge is 2.45. The van der Waals surface area contributed by atoms with Crippen molar-refractivity contribution in [3.8, 4) is 0 Å². The van der Waals surface area contributed by atoms with E-state index in [2.05, 4.69) is 39.8 Å². The molecule has 0 bridgehead atoms. The predicted octanol–water partition coefficient (Wildman–Crippen LogP) is 4.03. The maximum atomic E-state index is 10.7. The van der Waals surface area contributed by atoms with Gasteiger partial charge in [0.05, 0.1) is 37.6 Å². The second kappa shape index (κ2) is 9.88. The number of rotatable bonds is 6. The quantitative estimate of drug-likeness (QED) is 0.773. The van der Waals surface area contributed by atoms with Crippen LogP contribution in [0.4, 0.5) is 0 Å². The molecule has 2 aliphatic rings. The molecule has 0 radical (unpaired) electrons. The monoisotopic (exact) mass is 406 g/mol. The number of benzene rings is 1. The molecule has 4 unspecified atom stereocenters. The van der Waals surface area contributed by atoms with Crippen molar-refractivity contribution in [1.82, 2.24) is 0 Å². The van der Waals surface area contributed by atoms with Gasteiger partial charge in [0.2, 0.25) is 0 Å². The molecule has 1 N–H and O–H groups in total. The molecule has 0 spiro atoms.